The van der Waals surface area contributed by atoms with E-state index in [1.165, 1.54) is 0 Å². The first-order valence-corrected chi connectivity index (χ1v) is 7.37. The van der Waals surface area contributed by atoms with Gasteiger partial charge in [0, 0.05) is 18.8 Å². The molecule has 23 heavy (non-hydrogen) atoms. The summed E-state index contributed by atoms with van der Waals surface area (Å²) in [6.07, 6.45) is 0.393. The summed E-state index contributed by atoms with van der Waals surface area (Å²) in [5.74, 6) is 0.933. The number of nitrogens with zero attached hydrogens (tertiary/aromatic N) is 1. The van der Waals surface area contributed by atoms with Crippen molar-refractivity contribution in [1.29, 1.82) is 0 Å². The van der Waals surface area contributed by atoms with Crippen LogP contribution in [0, 0.1) is 0 Å². The van der Waals surface area contributed by atoms with E-state index in [-0.39, 0.29) is 18.3 Å². The molecule has 2 aromatic carbocycles. The maximum absolute atomic E-state index is 12.4. The van der Waals surface area contributed by atoms with Gasteiger partial charge in [-0.3, -0.25) is 4.79 Å². The molecule has 0 saturated heterocycles. The van der Waals surface area contributed by atoms with Gasteiger partial charge >= 0.3 is 0 Å². The Kier molecular flexibility index (Phi) is 7.42. The van der Waals surface area contributed by atoms with Gasteiger partial charge in [-0.25, -0.2) is 0 Å². The van der Waals surface area contributed by atoms with Crippen LogP contribution in [0.3, 0.4) is 0 Å². The minimum Gasteiger partial charge on any atom is -0.497 e. The molecule has 5 heteroatoms. The number of nitrogens with two attached hydrogens (primary N) is 1. The zero-order valence-electron chi connectivity index (χ0n) is 13.5. The molecule has 2 rings (SSSR count). The summed E-state index contributed by atoms with van der Waals surface area (Å²) in [5, 5.41) is 0. The summed E-state index contributed by atoms with van der Waals surface area (Å²) in [6, 6.07) is 15.2. The molecule has 0 saturated carbocycles. The summed E-state index contributed by atoms with van der Waals surface area (Å²) in [7, 11) is 1.64. The third-order valence-electron chi connectivity index (χ3n) is 3.60. The number of carbonyl (C=O) groups is 1. The van der Waals surface area contributed by atoms with Crippen LogP contribution < -0.4 is 10.5 Å². The fourth-order valence-corrected chi connectivity index (χ4v) is 2.25. The molecule has 2 aromatic rings. The average Bonchev–Trinajstić information content (AvgIpc) is 2.55. The van der Waals surface area contributed by atoms with E-state index in [0.29, 0.717) is 25.2 Å². The van der Waals surface area contributed by atoms with Crippen LogP contribution >= 0.6 is 12.4 Å². The number of nitrogen functional groups attached to an aromatic ring is 1. The van der Waals surface area contributed by atoms with Crippen molar-refractivity contribution in [1.82, 2.24) is 4.90 Å². The number of ether oxygens (including phenoxy) is 1. The van der Waals surface area contributed by atoms with Crippen molar-refractivity contribution in [3.05, 3.63) is 59.7 Å². The van der Waals surface area contributed by atoms with Crippen molar-refractivity contribution >= 4 is 24.0 Å². The summed E-state index contributed by atoms with van der Waals surface area (Å²) in [6.45, 7) is 3.28. The van der Waals surface area contributed by atoms with Crippen molar-refractivity contribution in [3.63, 3.8) is 0 Å². The third-order valence-corrected chi connectivity index (χ3v) is 3.60. The van der Waals surface area contributed by atoms with Crippen LogP contribution in [-0.2, 0) is 17.8 Å². The first kappa shape index (κ1) is 18.8. The zero-order chi connectivity index (χ0) is 15.9. The van der Waals surface area contributed by atoms with Crippen LogP contribution in [-0.4, -0.2) is 24.5 Å². The first-order valence-electron chi connectivity index (χ1n) is 7.37. The van der Waals surface area contributed by atoms with Crippen LogP contribution in [0.4, 0.5) is 5.69 Å². The number of carbonyl (C=O) groups excluding carboxylic acids is 1. The molecule has 0 aliphatic carbocycles. The highest BCUT2D eigenvalue weighted by Gasteiger charge is 2.13. The number of methoxy groups -OCH3 is 1. The van der Waals surface area contributed by atoms with E-state index in [9.17, 15) is 4.79 Å². The van der Waals surface area contributed by atoms with E-state index in [2.05, 4.69) is 0 Å². The largest absolute Gasteiger partial charge is 0.497 e. The minimum atomic E-state index is 0. The minimum absolute atomic E-state index is 0. The highest BCUT2D eigenvalue weighted by Crippen LogP contribution is 2.14. The zero-order valence-corrected chi connectivity index (χ0v) is 14.3. The van der Waals surface area contributed by atoms with Crippen molar-refractivity contribution < 1.29 is 9.53 Å². The molecule has 0 spiro atoms. The molecular weight excluding hydrogens is 312 g/mol. The van der Waals surface area contributed by atoms with Crippen LogP contribution in [0.5, 0.6) is 5.75 Å². The smallest absolute Gasteiger partial charge is 0.227 e. The van der Waals surface area contributed by atoms with Gasteiger partial charge in [0.1, 0.15) is 5.75 Å². The Bertz CT molecular complexity index is 612. The summed E-state index contributed by atoms with van der Waals surface area (Å²) in [4.78, 5) is 14.3. The third kappa shape index (κ3) is 5.49. The van der Waals surface area contributed by atoms with Gasteiger partial charge in [-0.1, -0.05) is 24.3 Å². The second-order valence-corrected chi connectivity index (χ2v) is 5.17. The Morgan fingerprint density at radius 1 is 1.04 bits per heavy atom. The standard InChI is InChI=1S/C18H22N2O2.ClH/c1-3-20(13-15-6-10-17(22-2)11-7-15)18(21)12-14-4-8-16(19)9-5-14;/h4-11H,3,12-13,19H2,1-2H3;1H. The molecule has 2 N–H and O–H groups in total. The maximum atomic E-state index is 12.4. The Hall–Kier alpha value is -2.20. The lowest BCUT2D eigenvalue weighted by atomic mass is 10.1. The number of benzene rings is 2. The number of likely N-dealkylation sites (N-methyl/N-ethyl adjacent to an activating group) is 1. The molecular formula is C18H23ClN2O2. The number of rotatable bonds is 6. The van der Waals surface area contributed by atoms with E-state index in [1.54, 1.807) is 7.11 Å². The van der Waals surface area contributed by atoms with E-state index in [1.807, 2.05) is 60.4 Å². The molecule has 124 valence electrons. The van der Waals surface area contributed by atoms with Gasteiger partial charge in [0.05, 0.1) is 13.5 Å². The fourth-order valence-electron chi connectivity index (χ4n) is 2.25. The highest BCUT2D eigenvalue weighted by molar-refractivity contribution is 5.85. The van der Waals surface area contributed by atoms with Gasteiger partial charge in [-0.15, -0.1) is 12.4 Å². The molecule has 0 aliphatic heterocycles. The molecule has 0 aromatic heterocycles. The second kappa shape index (κ2) is 9.06. The topological polar surface area (TPSA) is 55.6 Å². The van der Waals surface area contributed by atoms with Gasteiger partial charge in [0.2, 0.25) is 5.91 Å². The quantitative estimate of drug-likeness (QED) is 0.825. The predicted octanol–water partition coefficient (Wildman–Crippen LogP) is 3.29. The van der Waals surface area contributed by atoms with Crippen molar-refractivity contribution in [2.24, 2.45) is 0 Å². The summed E-state index contributed by atoms with van der Waals surface area (Å²) in [5.41, 5.74) is 8.44. The van der Waals surface area contributed by atoms with Gasteiger partial charge in [0.25, 0.3) is 0 Å². The second-order valence-electron chi connectivity index (χ2n) is 5.17. The molecule has 4 nitrogen and oxygen atoms in total. The molecule has 0 unspecified atom stereocenters. The molecule has 1 amide bonds. The van der Waals surface area contributed by atoms with Gasteiger partial charge in [-0.2, -0.15) is 0 Å². The van der Waals surface area contributed by atoms with E-state index >= 15 is 0 Å². The first-order chi connectivity index (χ1) is 10.6. The lowest BCUT2D eigenvalue weighted by Crippen LogP contribution is -2.31. The van der Waals surface area contributed by atoms with Gasteiger partial charge in [-0.05, 0) is 42.3 Å². The lowest BCUT2D eigenvalue weighted by molar-refractivity contribution is -0.130. The maximum Gasteiger partial charge on any atom is 0.227 e. The number of halogens is 1. The van der Waals surface area contributed by atoms with Gasteiger partial charge in [0.15, 0.2) is 0 Å². The highest BCUT2D eigenvalue weighted by atomic mass is 35.5. The SMILES string of the molecule is CCN(Cc1ccc(OC)cc1)C(=O)Cc1ccc(N)cc1.Cl. The molecule has 0 heterocycles. The number of anilines is 1. The molecule has 0 atom stereocenters. The van der Waals surface area contributed by atoms with E-state index in [4.69, 9.17) is 10.5 Å². The Balaban J connectivity index is 0.00000264. The van der Waals surface area contributed by atoms with Gasteiger partial charge < -0.3 is 15.4 Å². The number of hydrogen-bond donors (Lipinski definition) is 1. The lowest BCUT2D eigenvalue weighted by Gasteiger charge is -2.21. The molecule has 0 radical (unpaired) electrons. The summed E-state index contributed by atoms with van der Waals surface area (Å²) >= 11 is 0. The molecule has 0 bridgehead atoms. The van der Waals surface area contributed by atoms with Crippen molar-refractivity contribution in [3.8, 4) is 5.75 Å². The predicted molar refractivity (Wildman–Crippen MR) is 95.9 cm³/mol. The summed E-state index contributed by atoms with van der Waals surface area (Å²) < 4.78 is 5.15. The monoisotopic (exact) mass is 334 g/mol. The average molecular weight is 335 g/mol. The van der Waals surface area contributed by atoms with Crippen molar-refractivity contribution in [2.45, 2.75) is 19.9 Å². The van der Waals surface area contributed by atoms with E-state index < -0.39 is 0 Å². The Labute approximate surface area is 143 Å². The number of hydrogen-bond acceptors (Lipinski definition) is 3. The molecule has 0 aliphatic rings. The van der Waals surface area contributed by atoms with Crippen LogP contribution in [0.2, 0.25) is 0 Å². The Morgan fingerprint density at radius 3 is 2.13 bits per heavy atom. The normalized spacial score (nSPS) is 9.83. The van der Waals surface area contributed by atoms with Crippen molar-refractivity contribution in [2.75, 3.05) is 19.4 Å². The fraction of sp³-hybridized carbons (Fsp3) is 0.278. The van der Waals surface area contributed by atoms with E-state index in [0.717, 1.165) is 16.9 Å². The van der Waals surface area contributed by atoms with Crippen LogP contribution in [0.25, 0.3) is 0 Å². The van der Waals surface area contributed by atoms with Crippen LogP contribution in [0.1, 0.15) is 18.1 Å². The Morgan fingerprint density at radius 2 is 1.61 bits per heavy atom. The number of amides is 1. The molecule has 0 fully saturated rings. The van der Waals surface area contributed by atoms with Crippen LogP contribution in [0.15, 0.2) is 48.5 Å².